The lowest BCUT2D eigenvalue weighted by Crippen LogP contribution is -3.14. The SMILES string of the molecule is CC[C@@H](C)c1ccccc1NC(=O)[C@H](C)[NH+](C)CC(=O)Nc1ccccc1Cl. The lowest BCUT2D eigenvalue weighted by Gasteiger charge is -2.22. The van der Waals surface area contributed by atoms with Crippen molar-refractivity contribution in [3.05, 3.63) is 59.1 Å². The molecule has 3 atom stereocenters. The largest absolute Gasteiger partial charge is 0.321 e. The fourth-order valence-corrected chi connectivity index (χ4v) is 3.07. The van der Waals surface area contributed by atoms with Gasteiger partial charge in [-0.15, -0.1) is 0 Å². The molecule has 3 N–H and O–H groups in total. The molecule has 6 heteroatoms. The maximum atomic E-state index is 12.7. The summed E-state index contributed by atoms with van der Waals surface area (Å²) in [7, 11) is 1.83. The molecule has 2 aromatic carbocycles. The van der Waals surface area contributed by atoms with E-state index in [0.717, 1.165) is 22.6 Å². The van der Waals surface area contributed by atoms with Gasteiger partial charge in [-0.05, 0) is 43.0 Å². The van der Waals surface area contributed by atoms with E-state index in [1.807, 2.05) is 44.3 Å². The highest BCUT2D eigenvalue weighted by molar-refractivity contribution is 6.33. The number of likely N-dealkylation sites (N-methyl/N-ethyl adjacent to an activating group) is 1. The van der Waals surface area contributed by atoms with E-state index in [9.17, 15) is 9.59 Å². The van der Waals surface area contributed by atoms with Gasteiger partial charge in [0.05, 0.1) is 17.8 Å². The van der Waals surface area contributed by atoms with Gasteiger partial charge in [0.25, 0.3) is 11.8 Å². The van der Waals surface area contributed by atoms with Crippen molar-refractivity contribution in [3.8, 4) is 0 Å². The first-order chi connectivity index (χ1) is 13.3. The van der Waals surface area contributed by atoms with Crippen LogP contribution in [0.25, 0.3) is 0 Å². The van der Waals surface area contributed by atoms with Gasteiger partial charge in [0.15, 0.2) is 12.6 Å². The first-order valence-corrected chi connectivity index (χ1v) is 9.97. The van der Waals surface area contributed by atoms with Crippen LogP contribution in [0.3, 0.4) is 0 Å². The molecule has 150 valence electrons. The highest BCUT2D eigenvalue weighted by atomic mass is 35.5. The number of carbonyl (C=O) groups excluding carboxylic acids is 2. The van der Waals surface area contributed by atoms with Crippen LogP contribution in [0.5, 0.6) is 0 Å². The minimum Gasteiger partial charge on any atom is -0.321 e. The van der Waals surface area contributed by atoms with Crippen LogP contribution in [0.15, 0.2) is 48.5 Å². The van der Waals surface area contributed by atoms with Gasteiger partial charge in [-0.2, -0.15) is 0 Å². The van der Waals surface area contributed by atoms with Crippen LogP contribution in [0, 0.1) is 0 Å². The van der Waals surface area contributed by atoms with Crippen molar-refractivity contribution in [2.45, 2.75) is 39.2 Å². The lowest BCUT2D eigenvalue weighted by atomic mass is 9.97. The molecule has 0 saturated carbocycles. The van der Waals surface area contributed by atoms with Crippen LogP contribution >= 0.6 is 11.6 Å². The van der Waals surface area contributed by atoms with Crippen molar-refractivity contribution in [3.63, 3.8) is 0 Å². The van der Waals surface area contributed by atoms with Gasteiger partial charge < -0.3 is 15.5 Å². The Balaban J connectivity index is 1.97. The quantitative estimate of drug-likeness (QED) is 0.634. The summed E-state index contributed by atoms with van der Waals surface area (Å²) in [5.74, 6) is 0.0577. The number of anilines is 2. The summed E-state index contributed by atoms with van der Waals surface area (Å²) in [4.78, 5) is 25.8. The van der Waals surface area contributed by atoms with Crippen molar-refractivity contribution in [1.29, 1.82) is 0 Å². The van der Waals surface area contributed by atoms with Gasteiger partial charge in [-0.25, -0.2) is 0 Å². The average Bonchev–Trinajstić information content (AvgIpc) is 2.68. The fourth-order valence-electron chi connectivity index (χ4n) is 2.89. The second-order valence-corrected chi connectivity index (χ2v) is 7.57. The molecule has 0 saturated heterocycles. The Kier molecular flexibility index (Phi) is 8.03. The number of amides is 2. The average molecular weight is 403 g/mol. The number of para-hydroxylation sites is 2. The first kappa shape index (κ1) is 21.9. The second-order valence-electron chi connectivity index (χ2n) is 7.16. The van der Waals surface area contributed by atoms with E-state index in [0.29, 0.717) is 16.6 Å². The van der Waals surface area contributed by atoms with E-state index in [1.165, 1.54) is 0 Å². The molecule has 0 aliphatic carbocycles. The zero-order chi connectivity index (χ0) is 20.7. The number of nitrogens with one attached hydrogen (secondary N) is 3. The van der Waals surface area contributed by atoms with Gasteiger partial charge in [0.1, 0.15) is 0 Å². The molecule has 2 aromatic rings. The summed E-state index contributed by atoms with van der Waals surface area (Å²) in [5, 5.41) is 6.31. The maximum Gasteiger partial charge on any atom is 0.282 e. The van der Waals surface area contributed by atoms with Gasteiger partial charge in [-0.3, -0.25) is 9.59 Å². The van der Waals surface area contributed by atoms with Crippen LogP contribution in [0.2, 0.25) is 5.02 Å². The molecular weight excluding hydrogens is 374 g/mol. The third kappa shape index (κ3) is 5.81. The summed E-state index contributed by atoms with van der Waals surface area (Å²) in [5.41, 5.74) is 2.53. The summed E-state index contributed by atoms with van der Waals surface area (Å²) < 4.78 is 0. The van der Waals surface area contributed by atoms with E-state index in [1.54, 1.807) is 18.2 Å². The minimum atomic E-state index is -0.387. The van der Waals surface area contributed by atoms with Gasteiger partial charge in [0, 0.05) is 5.69 Å². The Morgan fingerprint density at radius 2 is 1.61 bits per heavy atom. The summed E-state index contributed by atoms with van der Waals surface area (Å²) in [6.07, 6.45) is 0.996. The molecule has 0 fully saturated rings. The van der Waals surface area contributed by atoms with Crippen molar-refractivity contribution in [2.75, 3.05) is 24.2 Å². The topological polar surface area (TPSA) is 62.6 Å². The third-order valence-electron chi connectivity index (χ3n) is 5.08. The molecule has 0 bridgehead atoms. The van der Waals surface area contributed by atoms with Crippen LogP contribution in [0.1, 0.15) is 38.7 Å². The zero-order valence-corrected chi connectivity index (χ0v) is 17.6. The summed E-state index contributed by atoms with van der Waals surface area (Å²) in [6.45, 7) is 6.25. The predicted octanol–water partition coefficient (Wildman–Crippen LogP) is 3.33. The normalized spacial score (nSPS) is 14.0. The molecule has 0 spiro atoms. The van der Waals surface area contributed by atoms with E-state index < -0.39 is 0 Å². The number of quaternary nitrogens is 1. The van der Waals surface area contributed by atoms with Gasteiger partial charge in [0.2, 0.25) is 0 Å². The fraction of sp³-hybridized carbons (Fsp3) is 0.364. The molecule has 5 nitrogen and oxygen atoms in total. The van der Waals surface area contributed by atoms with E-state index in [-0.39, 0.29) is 24.4 Å². The molecular formula is C22H29ClN3O2+. The Labute approximate surface area is 172 Å². The number of benzene rings is 2. The van der Waals surface area contributed by atoms with Crippen molar-refractivity contribution in [1.82, 2.24) is 0 Å². The van der Waals surface area contributed by atoms with E-state index >= 15 is 0 Å². The van der Waals surface area contributed by atoms with E-state index in [4.69, 9.17) is 11.6 Å². The molecule has 2 rings (SSSR count). The molecule has 0 aromatic heterocycles. The number of hydrogen-bond donors (Lipinski definition) is 3. The highest BCUT2D eigenvalue weighted by Gasteiger charge is 2.25. The Bertz CT molecular complexity index is 825. The maximum absolute atomic E-state index is 12.7. The monoisotopic (exact) mass is 402 g/mol. The molecule has 0 aliphatic heterocycles. The summed E-state index contributed by atoms with van der Waals surface area (Å²) >= 11 is 6.07. The highest BCUT2D eigenvalue weighted by Crippen LogP contribution is 2.26. The standard InChI is InChI=1S/C22H28ClN3O2/c1-5-15(2)17-10-6-8-12-19(17)25-22(28)16(3)26(4)14-21(27)24-20-13-9-7-11-18(20)23/h6-13,15-16H,5,14H2,1-4H3,(H,24,27)(H,25,28)/p+1/t15-,16+/m1/s1. The van der Waals surface area contributed by atoms with Crippen LogP contribution in [-0.4, -0.2) is 31.4 Å². The molecule has 0 heterocycles. The molecule has 2 amide bonds. The number of rotatable bonds is 8. The number of carbonyl (C=O) groups is 2. The van der Waals surface area contributed by atoms with Crippen molar-refractivity contribution in [2.24, 2.45) is 0 Å². The molecule has 0 radical (unpaired) electrons. The van der Waals surface area contributed by atoms with Crippen LogP contribution in [0.4, 0.5) is 11.4 Å². The molecule has 28 heavy (non-hydrogen) atoms. The van der Waals surface area contributed by atoms with Gasteiger partial charge >= 0.3 is 0 Å². The zero-order valence-electron chi connectivity index (χ0n) is 16.9. The summed E-state index contributed by atoms with van der Waals surface area (Å²) in [6, 6.07) is 14.6. The van der Waals surface area contributed by atoms with Gasteiger partial charge in [-0.1, -0.05) is 55.8 Å². The first-order valence-electron chi connectivity index (χ1n) is 9.60. The van der Waals surface area contributed by atoms with Crippen LogP contribution < -0.4 is 15.5 Å². The minimum absolute atomic E-state index is 0.112. The van der Waals surface area contributed by atoms with Crippen molar-refractivity contribution >= 4 is 34.8 Å². The number of hydrogen-bond acceptors (Lipinski definition) is 2. The molecule has 1 unspecified atom stereocenters. The predicted molar refractivity (Wildman–Crippen MR) is 115 cm³/mol. The Morgan fingerprint density at radius 3 is 2.25 bits per heavy atom. The Morgan fingerprint density at radius 1 is 1.00 bits per heavy atom. The smallest absolute Gasteiger partial charge is 0.282 e. The molecule has 0 aliphatic rings. The van der Waals surface area contributed by atoms with E-state index in [2.05, 4.69) is 24.5 Å². The van der Waals surface area contributed by atoms with Crippen LogP contribution in [-0.2, 0) is 9.59 Å². The second kappa shape index (κ2) is 10.2. The Hall–Kier alpha value is -2.37. The van der Waals surface area contributed by atoms with Crippen molar-refractivity contribution < 1.29 is 14.5 Å². The third-order valence-corrected chi connectivity index (χ3v) is 5.41. The lowest BCUT2D eigenvalue weighted by molar-refractivity contribution is -0.885. The number of halogens is 1.